The van der Waals surface area contributed by atoms with Gasteiger partial charge in [0.2, 0.25) is 0 Å². The van der Waals surface area contributed by atoms with Crippen molar-refractivity contribution in [1.82, 2.24) is 4.90 Å². The zero-order chi connectivity index (χ0) is 16.9. The van der Waals surface area contributed by atoms with Crippen molar-refractivity contribution in [1.29, 1.82) is 0 Å². The molecule has 1 saturated heterocycles. The Bertz CT molecular complexity index is 710. The molecule has 1 aliphatic heterocycles. The van der Waals surface area contributed by atoms with Gasteiger partial charge in [-0.25, -0.2) is 0 Å². The summed E-state index contributed by atoms with van der Waals surface area (Å²) in [7, 11) is 0. The molecular formula is C21H25NO2. The fourth-order valence-electron chi connectivity index (χ4n) is 3.39. The van der Waals surface area contributed by atoms with Gasteiger partial charge >= 0.3 is 0 Å². The lowest BCUT2D eigenvalue weighted by Crippen LogP contribution is -2.32. The summed E-state index contributed by atoms with van der Waals surface area (Å²) in [5.74, 6) is 0.435. The molecule has 1 N–H and O–H groups in total. The molecule has 1 atom stereocenters. The van der Waals surface area contributed by atoms with Gasteiger partial charge < -0.3 is 10.0 Å². The number of likely N-dealkylation sites (tertiary alicyclic amines) is 1. The Hall–Kier alpha value is -2.13. The Balaban J connectivity index is 1.79. The highest BCUT2D eigenvalue weighted by Crippen LogP contribution is 2.23. The molecule has 1 amide bonds. The number of carbonyl (C=O) groups is 1. The maximum atomic E-state index is 12.9. The molecule has 2 aromatic carbocycles. The average Bonchev–Trinajstić information content (AvgIpc) is 2.87. The molecule has 3 heteroatoms. The number of amides is 1. The largest absolute Gasteiger partial charge is 0.396 e. The first-order chi connectivity index (χ1) is 11.7. The van der Waals surface area contributed by atoms with Gasteiger partial charge in [-0.3, -0.25) is 4.79 Å². The third-order valence-electron chi connectivity index (χ3n) is 4.85. The number of carbonyl (C=O) groups excluding carboxylic acids is 1. The molecule has 1 unspecified atom stereocenters. The Morgan fingerprint density at radius 2 is 1.83 bits per heavy atom. The summed E-state index contributed by atoms with van der Waals surface area (Å²) >= 11 is 0. The second-order valence-electron chi connectivity index (χ2n) is 6.72. The third-order valence-corrected chi connectivity index (χ3v) is 4.85. The van der Waals surface area contributed by atoms with E-state index in [0.717, 1.165) is 49.0 Å². The van der Waals surface area contributed by atoms with E-state index in [-0.39, 0.29) is 12.5 Å². The molecule has 0 aliphatic carbocycles. The highest BCUT2D eigenvalue weighted by atomic mass is 16.3. The number of aliphatic hydroxyl groups is 1. The Morgan fingerprint density at radius 1 is 1.08 bits per heavy atom. The number of hydrogen-bond acceptors (Lipinski definition) is 2. The van der Waals surface area contributed by atoms with Crippen LogP contribution in [0.25, 0.3) is 11.1 Å². The summed E-state index contributed by atoms with van der Waals surface area (Å²) in [6.45, 7) is 3.82. The fourth-order valence-corrected chi connectivity index (χ4v) is 3.39. The lowest BCUT2D eigenvalue weighted by molar-refractivity contribution is 0.0758. The highest BCUT2D eigenvalue weighted by molar-refractivity contribution is 5.95. The minimum atomic E-state index is 0.100. The Morgan fingerprint density at radius 3 is 2.58 bits per heavy atom. The molecule has 126 valence electrons. The first kappa shape index (κ1) is 16.7. The van der Waals surface area contributed by atoms with Crippen LogP contribution in [0.5, 0.6) is 0 Å². The highest BCUT2D eigenvalue weighted by Gasteiger charge is 2.21. The van der Waals surface area contributed by atoms with Gasteiger partial charge in [0.1, 0.15) is 0 Å². The zero-order valence-corrected chi connectivity index (χ0v) is 14.2. The third kappa shape index (κ3) is 3.85. The van der Waals surface area contributed by atoms with Crippen LogP contribution in [0.4, 0.5) is 0 Å². The van der Waals surface area contributed by atoms with E-state index in [0.29, 0.717) is 5.92 Å². The van der Waals surface area contributed by atoms with E-state index in [1.54, 1.807) is 0 Å². The van der Waals surface area contributed by atoms with E-state index >= 15 is 0 Å². The molecule has 1 aliphatic rings. The molecule has 3 nitrogen and oxygen atoms in total. The monoisotopic (exact) mass is 323 g/mol. The number of aliphatic hydroxyl groups excluding tert-OH is 1. The van der Waals surface area contributed by atoms with Crippen molar-refractivity contribution in [2.24, 2.45) is 5.92 Å². The predicted octanol–water partition coefficient (Wildman–Crippen LogP) is 3.90. The first-order valence-corrected chi connectivity index (χ1v) is 8.74. The molecule has 0 saturated carbocycles. The van der Waals surface area contributed by atoms with E-state index in [1.165, 1.54) is 5.56 Å². The number of rotatable bonds is 3. The quantitative estimate of drug-likeness (QED) is 0.931. The van der Waals surface area contributed by atoms with Gasteiger partial charge in [0, 0.05) is 25.3 Å². The van der Waals surface area contributed by atoms with Crippen molar-refractivity contribution in [3.8, 4) is 11.1 Å². The first-order valence-electron chi connectivity index (χ1n) is 8.74. The van der Waals surface area contributed by atoms with Crippen LogP contribution in [-0.2, 0) is 0 Å². The molecule has 0 bridgehead atoms. The maximum absolute atomic E-state index is 12.9. The second kappa shape index (κ2) is 7.63. The van der Waals surface area contributed by atoms with Gasteiger partial charge in [-0.15, -0.1) is 0 Å². The Kier molecular flexibility index (Phi) is 5.31. The lowest BCUT2D eigenvalue weighted by atomic mass is 10.0. The predicted molar refractivity (Wildman–Crippen MR) is 96.9 cm³/mol. The van der Waals surface area contributed by atoms with E-state index in [1.807, 2.05) is 29.2 Å². The summed E-state index contributed by atoms with van der Waals surface area (Å²) in [6.07, 6.45) is 2.86. The molecular weight excluding hydrogens is 298 g/mol. The van der Waals surface area contributed by atoms with Gasteiger partial charge in [0.15, 0.2) is 0 Å². The van der Waals surface area contributed by atoms with Crippen molar-refractivity contribution in [2.45, 2.75) is 26.2 Å². The van der Waals surface area contributed by atoms with Crippen molar-refractivity contribution in [3.63, 3.8) is 0 Å². The average molecular weight is 323 g/mol. The van der Waals surface area contributed by atoms with Gasteiger partial charge in [-0.05, 0) is 55.4 Å². The molecule has 1 heterocycles. The van der Waals surface area contributed by atoms with Crippen molar-refractivity contribution < 1.29 is 9.90 Å². The number of aryl methyl sites for hydroxylation is 1. The van der Waals surface area contributed by atoms with Crippen LogP contribution >= 0.6 is 0 Å². The zero-order valence-electron chi connectivity index (χ0n) is 14.2. The van der Waals surface area contributed by atoms with E-state index < -0.39 is 0 Å². The Labute approximate surface area is 143 Å². The lowest BCUT2D eigenvalue weighted by Gasteiger charge is -2.21. The van der Waals surface area contributed by atoms with Crippen LogP contribution in [0, 0.1) is 12.8 Å². The SMILES string of the molecule is Cc1cccc(-c2cccc(C(=O)N3CCCC(CO)CC3)c2)c1. The van der Waals surface area contributed by atoms with E-state index in [4.69, 9.17) is 0 Å². The summed E-state index contributed by atoms with van der Waals surface area (Å²) in [5, 5.41) is 9.34. The normalized spacial score (nSPS) is 18.2. The second-order valence-corrected chi connectivity index (χ2v) is 6.72. The van der Waals surface area contributed by atoms with E-state index in [2.05, 4.69) is 31.2 Å². The summed E-state index contributed by atoms with van der Waals surface area (Å²) < 4.78 is 0. The van der Waals surface area contributed by atoms with Gasteiger partial charge in [-0.1, -0.05) is 42.0 Å². The van der Waals surface area contributed by atoms with Crippen molar-refractivity contribution in [3.05, 3.63) is 59.7 Å². The fraction of sp³-hybridized carbons (Fsp3) is 0.381. The van der Waals surface area contributed by atoms with Crippen LogP contribution in [0.3, 0.4) is 0 Å². The van der Waals surface area contributed by atoms with Crippen molar-refractivity contribution >= 4 is 5.91 Å². The van der Waals surface area contributed by atoms with Crippen LogP contribution in [-0.4, -0.2) is 35.6 Å². The molecule has 1 fully saturated rings. The molecule has 0 radical (unpaired) electrons. The van der Waals surface area contributed by atoms with E-state index in [9.17, 15) is 9.90 Å². The minimum absolute atomic E-state index is 0.100. The van der Waals surface area contributed by atoms with Gasteiger partial charge in [0.05, 0.1) is 0 Å². The summed E-state index contributed by atoms with van der Waals surface area (Å²) in [5.41, 5.74) is 4.18. The van der Waals surface area contributed by atoms with Gasteiger partial charge in [0.25, 0.3) is 5.91 Å². The van der Waals surface area contributed by atoms with Crippen LogP contribution in [0.1, 0.15) is 35.2 Å². The molecule has 3 rings (SSSR count). The van der Waals surface area contributed by atoms with Crippen molar-refractivity contribution in [2.75, 3.05) is 19.7 Å². The van der Waals surface area contributed by atoms with Crippen LogP contribution in [0.2, 0.25) is 0 Å². The number of benzene rings is 2. The smallest absolute Gasteiger partial charge is 0.253 e. The van der Waals surface area contributed by atoms with Crippen LogP contribution < -0.4 is 0 Å². The topological polar surface area (TPSA) is 40.5 Å². The maximum Gasteiger partial charge on any atom is 0.253 e. The summed E-state index contributed by atoms with van der Waals surface area (Å²) in [6, 6.07) is 16.2. The van der Waals surface area contributed by atoms with Crippen LogP contribution in [0.15, 0.2) is 48.5 Å². The molecule has 0 spiro atoms. The minimum Gasteiger partial charge on any atom is -0.396 e. The standard InChI is InChI=1S/C21H25NO2/c1-16-5-2-7-18(13-16)19-8-3-9-20(14-19)21(24)22-11-4-6-17(15-23)10-12-22/h2-3,5,7-9,13-14,17,23H,4,6,10-12,15H2,1H3. The van der Waals surface area contributed by atoms with Gasteiger partial charge in [-0.2, -0.15) is 0 Å². The molecule has 0 aromatic heterocycles. The number of hydrogen-bond donors (Lipinski definition) is 1. The molecule has 2 aromatic rings. The number of nitrogens with zero attached hydrogens (tertiary/aromatic N) is 1. The molecule has 24 heavy (non-hydrogen) atoms. The summed E-state index contributed by atoms with van der Waals surface area (Å²) in [4.78, 5) is 14.8.